The van der Waals surface area contributed by atoms with Gasteiger partial charge in [0.1, 0.15) is 5.69 Å². The molecule has 1 amide bonds. The van der Waals surface area contributed by atoms with Crippen LogP contribution in [-0.4, -0.2) is 15.7 Å². The van der Waals surface area contributed by atoms with Gasteiger partial charge in [-0.1, -0.05) is 29.8 Å². The fraction of sp³-hybridized carbons (Fsp3) is 0.100. The smallest absolute Gasteiger partial charge is 0.323 e. The van der Waals surface area contributed by atoms with Gasteiger partial charge in [-0.05, 0) is 42.0 Å². The number of rotatable bonds is 4. The summed E-state index contributed by atoms with van der Waals surface area (Å²) in [6.07, 6.45) is -7.40. The molecule has 0 saturated heterocycles. The maximum atomic E-state index is 13.1. The number of benzene rings is 2. The molecule has 3 rings (SSSR count). The molecule has 162 valence electrons. The van der Waals surface area contributed by atoms with Crippen molar-refractivity contribution in [1.82, 2.24) is 9.78 Å². The monoisotopic (exact) mass is 459 g/mol. The normalized spacial score (nSPS) is 12.4. The van der Waals surface area contributed by atoms with Crippen LogP contribution in [0.1, 0.15) is 17.0 Å². The third-order valence-corrected chi connectivity index (χ3v) is 4.33. The zero-order chi connectivity index (χ0) is 22.8. The lowest BCUT2D eigenvalue weighted by atomic mass is 10.2. The van der Waals surface area contributed by atoms with Crippen LogP contribution in [0.25, 0.3) is 11.8 Å². The number of nitrogens with one attached hydrogen (secondary N) is 1. The molecule has 0 aliphatic carbocycles. The van der Waals surface area contributed by atoms with E-state index in [0.717, 1.165) is 12.1 Å². The van der Waals surface area contributed by atoms with Gasteiger partial charge in [-0.25, -0.2) is 4.68 Å². The summed E-state index contributed by atoms with van der Waals surface area (Å²) in [7, 11) is 0. The molecule has 3 aromatic rings. The molecule has 4 nitrogen and oxygen atoms in total. The van der Waals surface area contributed by atoms with Crippen molar-refractivity contribution in [3.8, 4) is 5.69 Å². The first-order chi connectivity index (χ1) is 14.4. The summed E-state index contributed by atoms with van der Waals surface area (Å²) in [5.74, 6) is -0.540. The summed E-state index contributed by atoms with van der Waals surface area (Å²) in [4.78, 5) is 12.0. The van der Waals surface area contributed by atoms with E-state index in [1.807, 2.05) is 0 Å². The summed E-state index contributed by atoms with van der Waals surface area (Å²) in [6.45, 7) is 0. The van der Waals surface area contributed by atoms with Crippen molar-refractivity contribution in [2.75, 3.05) is 5.32 Å². The molecular weight excluding hydrogens is 448 g/mol. The Kier molecular flexibility index (Phi) is 6.12. The number of halogens is 7. The molecule has 0 fully saturated rings. The predicted octanol–water partition coefficient (Wildman–Crippen LogP) is 6.22. The molecule has 0 spiro atoms. The van der Waals surface area contributed by atoms with Crippen molar-refractivity contribution in [3.63, 3.8) is 0 Å². The second-order valence-corrected chi connectivity index (χ2v) is 6.62. The first-order valence-electron chi connectivity index (χ1n) is 8.53. The highest BCUT2D eigenvalue weighted by molar-refractivity contribution is 6.32. The number of anilines is 1. The Morgan fingerprint density at radius 1 is 0.968 bits per heavy atom. The van der Waals surface area contributed by atoms with Gasteiger partial charge >= 0.3 is 12.4 Å². The highest BCUT2D eigenvalue weighted by Crippen LogP contribution is 2.36. The Bertz CT molecular complexity index is 1120. The number of carbonyl (C=O) groups is 1. The standard InChI is InChI=1S/C20H12ClF6N3O/c21-15-4-2-1-3-12(15)5-10-18(31)28-13-6-8-14(9-7-13)30-17(20(25,26)27)11-16(29-30)19(22,23)24/h1-11H,(H,28,31)/b10-5+. The van der Waals surface area contributed by atoms with Crippen LogP contribution in [0.2, 0.25) is 5.02 Å². The summed E-state index contributed by atoms with van der Waals surface area (Å²) < 4.78 is 78.0. The van der Waals surface area contributed by atoms with Crippen molar-refractivity contribution in [1.29, 1.82) is 0 Å². The van der Waals surface area contributed by atoms with Crippen LogP contribution in [0, 0.1) is 0 Å². The molecule has 0 atom stereocenters. The Morgan fingerprint density at radius 3 is 2.19 bits per heavy atom. The lowest BCUT2D eigenvalue weighted by Crippen LogP contribution is -2.13. The number of hydrogen-bond acceptors (Lipinski definition) is 2. The van der Waals surface area contributed by atoms with E-state index in [9.17, 15) is 31.1 Å². The van der Waals surface area contributed by atoms with Crippen LogP contribution in [0.5, 0.6) is 0 Å². The van der Waals surface area contributed by atoms with Crippen molar-refractivity contribution < 1.29 is 31.1 Å². The van der Waals surface area contributed by atoms with E-state index in [4.69, 9.17) is 11.6 Å². The zero-order valence-electron chi connectivity index (χ0n) is 15.3. The maximum absolute atomic E-state index is 13.1. The lowest BCUT2D eigenvalue weighted by Gasteiger charge is -2.11. The number of carbonyl (C=O) groups excluding carboxylic acids is 1. The van der Waals surface area contributed by atoms with Crippen LogP contribution < -0.4 is 5.32 Å². The van der Waals surface area contributed by atoms with Gasteiger partial charge in [-0.15, -0.1) is 0 Å². The minimum atomic E-state index is -5.05. The van der Waals surface area contributed by atoms with Crippen LogP contribution in [-0.2, 0) is 17.1 Å². The van der Waals surface area contributed by atoms with Gasteiger partial charge in [0.15, 0.2) is 5.69 Å². The number of nitrogens with zero attached hydrogens (tertiary/aromatic N) is 2. The molecule has 0 bridgehead atoms. The zero-order valence-corrected chi connectivity index (χ0v) is 16.1. The molecule has 0 aliphatic heterocycles. The third kappa shape index (κ3) is 5.46. The second kappa shape index (κ2) is 8.46. The fourth-order valence-corrected chi connectivity index (χ4v) is 2.76. The average Bonchev–Trinajstić information content (AvgIpc) is 3.14. The quantitative estimate of drug-likeness (QED) is 0.372. The van der Waals surface area contributed by atoms with E-state index in [0.29, 0.717) is 10.6 Å². The third-order valence-electron chi connectivity index (χ3n) is 3.99. The Balaban J connectivity index is 1.80. The van der Waals surface area contributed by atoms with Crippen molar-refractivity contribution >= 4 is 29.3 Å². The Hall–Kier alpha value is -3.27. The van der Waals surface area contributed by atoms with Crippen molar-refractivity contribution in [2.24, 2.45) is 0 Å². The molecule has 31 heavy (non-hydrogen) atoms. The molecular formula is C20H12ClF6N3O. The average molecular weight is 460 g/mol. The van der Waals surface area contributed by atoms with E-state index in [-0.39, 0.29) is 22.1 Å². The predicted molar refractivity (Wildman–Crippen MR) is 103 cm³/mol. The van der Waals surface area contributed by atoms with Gasteiger partial charge in [0.2, 0.25) is 5.91 Å². The molecule has 2 aromatic carbocycles. The molecule has 0 unspecified atom stereocenters. The number of hydrogen-bond donors (Lipinski definition) is 1. The van der Waals surface area contributed by atoms with Crippen molar-refractivity contribution in [3.05, 3.63) is 82.6 Å². The van der Waals surface area contributed by atoms with Crippen molar-refractivity contribution in [2.45, 2.75) is 12.4 Å². The van der Waals surface area contributed by atoms with Crippen LogP contribution in [0.3, 0.4) is 0 Å². The summed E-state index contributed by atoms with van der Waals surface area (Å²) in [5.41, 5.74) is -2.67. The van der Waals surface area contributed by atoms with E-state index >= 15 is 0 Å². The van der Waals surface area contributed by atoms with E-state index in [1.54, 1.807) is 24.3 Å². The molecule has 1 aromatic heterocycles. The number of alkyl halides is 6. The van der Waals surface area contributed by atoms with Gasteiger partial charge < -0.3 is 5.32 Å². The Morgan fingerprint density at radius 2 is 1.61 bits per heavy atom. The van der Waals surface area contributed by atoms with Gasteiger partial charge in [0.05, 0.1) is 5.69 Å². The topological polar surface area (TPSA) is 46.9 Å². The largest absolute Gasteiger partial charge is 0.435 e. The number of amides is 1. The Labute approximate surface area is 176 Å². The fourth-order valence-electron chi connectivity index (χ4n) is 2.56. The first-order valence-corrected chi connectivity index (χ1v) is 8.91. The van der Waals surface area contributed by atoms with Gasteiger partial charge in [0, 0.05) is 22.9 Å². The minimum Gasteiger partial charge on any atom is -0.323 e. The van der Waals surface area contributed by atoms with Crippen LogP contribution in [0.4, 0.5) is 32.0 Å². The van der Waals surface area contributed by atoms with Gasteiger partial charge in [0.25, 0.3) is 0 Å². The highest BCUT2D eigenvalue weighted by Gasteiger charge is 2.42. The molecule has 1 N–H and O–H groups in total. The van der Waals surface area contributed by atoms with Gasteiger partial charge in [-0.3, -0.25) is 4.79 Å². The van der Waals surface area contributed by atoms with E-state index < -0.39 is 29.6 Å². The first kappa shape index (κ1) is 22.4. The maximum Gasteiger partial charge on any atom is 0.435 e. The molecule has 0 aliphatic rings. The summed E-state index contributed by atoms with van der Waals surface area (Å²) >= 11 is 5.98. The minimum absolute atomic E-state index is 0.0603. The lowest BCUT2D eigenvalue weighted by molar-refractivity contribution is -0.143. The van der Waals surface area contributed by atoms with Crippen LogP contribution in [0.15, 0.2) is 60.7 Å². The summed E-state index contributed by atoms with van der Waals surface area (Å²) in [5, 5.41) is 5.96. The van der Waals surface area contributed by atoms with Gasteiger partial charge in [-0.2, -0.15) is 31.4 Å². The molecule has 11 heteroatoms. The van der Waals surface area contributed by atoms with E-state index in [1.165, 1.54) is 24.3 Å². The second-order valence-electron chi connectivity index (χ2n) is 6.21. The summed E-state index contributed by atoms with van der Waals surface area (Å²) in [6, 6.07) is 11.4. The number of aromatic nitrogens is 2. The highest BCUT2D eigenvalue weighted by atomic mass is 35.5. The van der Waals surface area contributed by atoms with Crippen LogP contribution >= 0.6 is 11.6 Å². The molecule has 1 heterocycles. The SMILES string of the molecule is O=C(/C=C/c1ccccc1Cl)Nc1ccc(-n2nc(C(F)(F)F)cc2C(F)(F)F)cc1. The molecule has 0 saturated carbocycles. The molecule has 0 radical (unpaired) electrons. The van der Waals surface area contributed by atoms with E-state index in [2.05, 4.69) is 10.4 Å².